The van der Waals surface area contributed by atoms with Crippen LogP contribution in [0.3, 0.4) is 0 Å². The monoisotopic (exact) mass is 264 g/mol. The molecule has 18 heavy (non-hydrogen) atoms. The van der Waals surface area contributed by atoms with Gasteiger partial charge in [-0.15, -0.1) is 0 Å². The van der Waals surface area contributed by atoms with Crippen molar-refractivity contribution in [3.05, 3.63) is 29.8 Å². The molecule has 0 aromatic heterocycles. The molecular formula is C14H20N2OS. The highest BCUT2D eigenvalue weighted by atomic mass is 32.1. The summed E-state index contributed by atoms with van der Waals surface area (Å²) in [6.45, 7) is 7.94. The molecule has 0 unspecified atom stereocenters. The van der Waals surface area contributed by atoms with Crippen LogP contribution in [0.5, 0.6) is 0 Å². The summed E-state index contributed by atoms with van der Waals surface area (Å²) in [6.07, 6.45) is 0.456. The second-order valence-electron chi connectivity index (χ2n) is 4.96. The molecule has 0 aliphatic carbocycles. The van der Waals surface area contributed by atoms with Gasteiger partial charge in [0.15, 0.2) is 5.11 Å². The van der Waals surface area contributed by atoms with E-state index in [1.807, 2.05) is 12.1 Å². The Kier molecular flexibility index (Phi) is 4.19. The summed E-state index contributed by atoms with van der Waals surface area (Å²) < 4.78 is 5.71. The van der Waals surface area contributed by atoms with E-state index in [1.54, 1.807) is 0 Å². The maximum absolute atomic E-state index is 5.71. The Bertz CT molecular complexity index is 426. The molecule has 0 radical (unpaired) electrons. The fourth-order valence-corrected chi connectivity index (χ4v) is 2.54. The number of aryl methyl sites for hydroxylation is 1. The van der Waals surface area contributed by atoms with E-state index in [4.69, 9.17) is 17.0 Å². The van der Waals surface area contributed by atoms with Gasteiger partial charge in [-0.25, -0.2) is 0 Å². The van der Waals surface area contributed by atoms with Crippen molar-refractivity contribution >= 4 is 23.0 Å². The van der Waals surface area contributed by atoms with Crippen LogP contribution < -0.4 is 5.32 Å². The van der Waals surface area contributed by atoms with Gasteiger partial charge in [0.1, 0.15) is 0 Å². The largest absolute Gasteiger partial charge is 0.372 e. The second-order valence-corrected chi connectivity index (χ2v) is 5.35. The minimum Gasteiger partial charge on any atom is -0.372 e. The standard InChI is InChI=1S/C14H20N2OS/c1-10-5-4-6-13(7-10)15-14(18)16-8-11(2)17-12(3)9-16/h4-7,11-12H,8-9H2,1-3H3,(H,15,18)/t11-,12+. The number of nitrogens with one attached hydrogen (secondary N) is 1. The topological polar surface area (TPSA) is 24.5 Å². The SMILES string of the molecule is Cc1cccc(NC(=S)N2C[C@@H](C)O[C@@H](C)C2)c1. The molecule has 0 bridgehead atoms. The van der Waals surface area contributed by atoms with Crippen LogP contribution in [0.15, 0.2) is 24.3 Å². The van der Waals surface area contributed by atoms with E-state index in [-0.39, 0.29) is 12.2 Å². The molecular weight excluding hydrogens is 244 g/mol. The van der Waals surface area contributed by atoms with Gasteiger partial charge in [0.05, 0.1) is 12.2 Å². The van der Waals surface area contributed by atoms with Crippen molar-refractivity contribution in [1.29, 1.82) is 0 Å². The van der Waals surface area contributed by atoms with E-state index in [2.05, 4.69) is 43.1 Å². The predicted octanol–water partition coefficient (Wildman–Crippen LogP) is 2.80. The first kappa shape index (κ1) is 13.3. The minimum atomic E-state index is 0.228. The second kappa shape index (κ2) is 5.67. The third-order valence-electron chi connectivity index (χ3n) is 2.98. The van der Waals surface area contributed by atoms with E-state index < -0.39 is 0 Å². The Labute approximate surface area is 114 Å². The number of thiocarbonyl (C=S) groups is 1. The Morgan fingerprint density at radius 1 is 1.33 bits per heavy atom. The van der Waals surface area contributed by atoms with Crippen molar-refractivity contribution in [3.63, 3.8) is 0 Å². The fourth-order valence-electron chi connectivity index (χ4n) is 2.27. The molecule has 0 saturated carbocycles. The summed E-state index contributed by atoms with van der Waals surface area (Å²) in [4.78, 5) is 2.18. The van der Waals surface area contributed by atoms with Gasteiger partial charge in [-0.05, 0) is 50.7 Å². The number of benzene rings is 1. The molecule has 1 fully saturated rings. The first-order valence-electron chi connectivity index (χ1n) is 6.32. The maximum Gasteiger partial charge on any atom is 0.173 e. The summed E-state index contributed by atoms with van der Waals surface area (Å²) in [5.41, 5.74) is 2.28. The molecule has 0 spiro atoms. The van der Waals surface area contributed by atoms with Crippen LogP contribution in [-0.4, -0.2) is 35.3 Å². The van der Waals surface area contributed by atoms with Crippen molar-refractivity contribution in [2.75, 3.05) is 18.4 Å². The first-order chi connectivity index (χ1) is 8.54. The number of nitrogens with zero attached hydrogens (tertiary/aromatic N) is 1. The van der Waals surface area contributed by atoms with Crippen LogP contribution in [0.2, 0.25) is 0 Å². The van der Waals surface area contributed by atoms with Crippen molar-refractivity contribution in [1.82, 2.24) is 4.90 Å². The van der Waals surface area contributed by atoms with Crippen molar-refractivity contribution in [2.24, 2.45) is 0 Å². The average molecular weight is 264 g/mol. The molecule has 2 atom stereocenters. The van der Waals surface area contributed by atoms with Gasteiger partial charge in [0, 0.05) is 18.8 Å². The first-order valence-corrected chi connectivity index (χ1v) is 6.73. The van der Waals surface area contributed by atoms with Gasteiger partial charge in [-0.1, -0.05) is 12.1 Å². The number of anilines is 1. The summed E-state index contributed by atoms with van der Waals surface area (Å²) in [7, 11) is 0. The third kappa shape index (κ3) is 3.43. The molecule has 4 heteroatoms. The van der Waals surface area contributed by atoms with E-state index in [1.165, 1.54) is 5.56 Å². The smallest absolute Gasteiger partial charge is 0.173 e. The van der Waals surface area contributed by atoms with Crippen LogP contribution in [0.25, 0.3) is 0 Å². The Morgan fingerprint density at radius 3 is 2.61 bits per heavy atom. The summed E-state index contributed by atoms with van der Waals surface area (Å²) in [5, 5.41) is 4.08. The Balaban J connectivity index is 1.99. The number of rotatable bonds is 1. The zero-order valence-electron chi connectivity index (χ0n) is 11.1. The van der Waals surface area contributed by atoms with Gasteiger partial charge >= 0.3 is 0 Å². The molecule has 1 aliphatic heterocycles. The molecule has 1 aliphatic rings. The van der Waals surface area contributed by atoms with Gasteiger partial charge < -0.3 is 15.0 Å². The Morgan fingerprint density at radius 2 is 2.00 bits per heavy atom. The molecule has 98 valence electrons. The van der Waals surface area contributed by atoms with Crippen LogP contribution in [0, 0.1) is 6.92 Å². The molecule has 1 aromatic rings. The van der Waals surface area contributed by atoms with E-state index in [0.717, 1.165) is 23.9 Å². The third-order valence-corrected chi connectivity index (χ3v) is 3.34. The summed E-state index contributed by atoms with van der Waals surface area (Å²) >= 11 is 5.46. The molecule has 3 nitrogen and oxygen atoms in total. The highest BCUT2D eigenvalue weighted by Crippen LogP contribution is 2.14. The number of ether oxygens (including phenoxy) is 1. The fraction of sp³-hybridized carbons (Fsp3) is 0.500. The summed E-state index contributed by atoms with van der Waals surface area (Å²) in [5.74, 6) is 0. The quantitative estimate of drug-likeness (QED) is 0.788. The van der Waals surface area contributed by atoms with Gasteiger partial charge in [-0.3, -0.25) is 0 Å². The molecule has 1 aromatic carbocycles. The molecule has 1 heterocycles. The Hall–Kier alpha value is -1.13. The predicted molar refractivity (Wildman–Crippen MR) is 79.0 cm³/mol. The van der Waals surface area contributed by atoms with Crippen LogP contribution >= 0.6 is 12.2 Å². The lowest BCUT2D eigenvalue weighted by Gasteiger charge is -2.36. The molecule has 2 rings (SSSR count). The van der Waals surface area contributed by atoms with Crippen LogP contribution in [0.1, 0.15) is 19.4 Å². The maximum atomic E-state index is 5.71. The molecule has 1 saturated heterocycles. The highest BCUT2D eigenvalue weighted by molar-refractivity contribution is 7.80. The zero-order chi connectivity index (χ0) is 13.1. The van der Waals surface area contributed by atoms with Gasteiger partial charge in [0.25, 0.3) is 0 Å². The van der Waals surface area contributed by atoms with E-state index in [0.29, 0.717) is 0 Å². The number of hydrogen-bond donors (Lipinski definition) is 1. The lowest BCUT2D eigenvalue weighted by atomic mass is 10.2. The molecule has 0 amide bonds. The van der Waals surface area contributed by atoms with E-state index >= 15 is 0 Å². The van der Waals surface area contributed by atoms with Crippen LogP contribution in [-0.2, 0) is 4.74 Å². The van der Waals surface area contributed by atoms with Crippen molar-refractivity contribution in [2.45, 2.75) is 33.0 Å². The van der Waals surface area contributed by atoms with Crippen LogP contribution in [0.4, 0.5) is 5.69 Å². The van der Waals surface area contributed by atoms with E-state index in [9.17, 15) is 0 Å². The lowest BCUT2D eigenvalue weighted by molar-refractivity contribution is -0.0473. The summed E-state index contributed by atoms with van der Waals surface area (Å²) in [6, 6.07) is 8.24. The zero-order valence-corrected chi connectivity index (χ0v) is 12.0. The average Bonchev–Trinajstić information content (AvgIpc) is 2.27. The normalized spacial score (nSPS) is 23.8. The lowest BCUT2D eigenvalue weighted by Crippen LogP contribution is -2.49. The minimum absolute atomic E-state index is 0.228. The van der Waals surface area contributed by atoms with Gasteiger partial charge in [0.2, 0.25) is 0 Å². The van der Waals surface area contributed by atoms with Crippen molar-refractivity contribution < 1.29 is 4.74 Å². The number of morpholine rings is 1. The van der Waals surface area contributed by atoms with Crippen molar-refractivity contribution in [3.8, 4) is 0 Å². The number of hydrogen-bond acceptors (Lipinski definition) is 2. The molecule has 1 N–H and O–H groups in total. The van der Waals surface area contributed by atoms with Gasteiger partial charge in [-0.2, -0.15) is 0 Å². The highest BCUT2D eigenvalue weighted by Gasteiger charge is 2.23.